The largest absolute Gasteiger partial charge is 0.486 e. The molecule has 1 amide bonds. The lowest BCUT2D eigenvalue weighted by Gasteiger charge is -2.24. The van der Waals surface area contributed by atoms with Gasteiger partial charge >= 0.3 is 5.97 Å². The normalized spacial score (nSPS) is 12.2. The van der Waals surface area contributed by atoms with Gasteiger partial charge in [-0.2, -0.15) is 5.26 Å². The van der Waals surface area contributed by atoms with Gasteiger partial charge in [-0.05, 0) is 30.2 Å². The van der Waals surface area contributed by atoms with Gasteiger partial charge in [0.15, 0.2) is 18.1 Å². The van der Waals surface area contributed by atoms with Crippen LogP contribution >= 0.6 is 0 Å². The number of benzene rings is 2. The smallest absolute Gasteiger partial charge is 0.306 e. The minimum absolute atomic E-state index is 0.148. The van der Waals surface area contributed by atoms with Crippen molar-refractivity contribution in [3.05, 3.63) is 54.2 Å². The van der Waals surface area contributed by atoms with Gasteiger partial charge in [0.2, 0.25) is 0 Å². The van der Waals surface area contributed by atoms with Gasteiger partial charge in [-0.15, -0.1) is 0 Å². The average Bonchev–Trinajstić information content (AvgIpc) is 3.24. The number of aryl methyl sites for hydroxylation is 1. The van der Waals surface area contributed by atoms with Gasteiger partial charge in [0, 0.05) is 41.8 Å². The van der Waals surface area contributed by atoms with Crippen molar-refractivity contribution in [2.24, 2.45) is 0 Å². The molecule has 0 radical (unpaired) electrons. The molecule has 1 aliphatic heterocycles. The Kier molecular flexibility index (Phi) is 6.56. The van der Waals surface area contributed by atoms with E-state index in [2.05, 4.69) is 4.98 Å². The van der Waals surface area contributed by atoms with Crippen molar-refractivity contribution in [3.63, 3.8) is 0 Å². The molecule has 0 saturated heterocycles. The second kappa shape index (κ2) is 9.88. The summed E-state index contributed by atoms with van der Waals surface area (Å²) in [6.45, 7) is 0.684. The molecule has 8 nitrogen and oxygen atoms in total. The molecule has 2 heterocycles. The summed E-state index contributed by atoms with van der Waals surface area (Å²) in [6, 6.07) is 15.1. The van der Waals surface area contributed by atoms with Crippen LogP contribution in [0, 0.1) is 11.3 Å². The predicted molar refractivity (Wildman–Crippen MR) is 118 cm³/mol. The van der Waals surface area contributed by atoms with Crippen molar-refractivity contribution in [1.29, 1.82) is 5.26 Å². The van der Waals surface area contributed by atoms with Gasteiger partial charge in [0.1, 0.15) is 13.2 Å². The number of anilines is 1. The predicted octanol–water partition coefficient (Wildman–Crippen LogP) is 3.36. The average molecular weight is 433 g/mol. The van der Waals surface area contributed by atoms with Crippen LogP contribution in [0.25, 0.3) is 10.9 Å². The fourth-order valence-electron chi connectivity index (χ4n) is 3.63. The first-order chi connectivity index (χ1) is 15.7. The van der Waals surface area contributed by atoms with Crippen molar-refractivity contribution in [1.82, 2.24) is 4.98 Å². The molecule has 164 valence electrons. The number of hydrogen-bond donors (Lipinski definition) is 1. The van der Waals surface area contributed by atoms with Crippen LogP contribution in [0.3, 0.4) is 0 Å². The lowest BCUT2D eigenvalue weighted by molar-refractivity contribution is -0.147. The van der Waals surface area contributed by atoms with Crippen LogP contribution in [-0.2, 0) is 20.7 Å². The van der Waals surface area contributed by atoms with Gasteiger partial charge in [-0.1, -0.05) is 18.2 Å². The van der Waals surface area contributed by atoms with E-state index in [1.54, 1.807) is 18.2 Å². The van der Waals surface area contributed by atoms with Crippen LogP contribution in [0.2, 0.25) is 0 Å². The number of fused-ring (bicyclic) bond motifs is 2. The first-order valence-corrected chi connectivity index (χ1v) is 10.4. The second-order valence-corrected chi connectivity index (χ2v) is 7.30. The summed E-state index contributed by atoms with van der Waals surface area (Å²) < 4.78 is 16.3. The zero-order chi connectivity index (χ0) is 22.3. The fourth-order valence-corrected chi connectivity index (χ4v) is 3.63. The summed E-state index contributed by atoms with van der Waals surface area (Å²) in [5.41, 5.74) is 2.60. The molecule has 0 atom stereocenters. The number of carbonyl (C=O) groups is 2. The molecule has 0 bridgehead atoms. The van der Waals surface area contributed by atoms with Gasteiger partial charge in [0.25, 0.3) is 5.91 Å². The molecule has 0 aliphatic carbocycles. The molecule has 0 saturated carbocycles. The molecular weight excluding hydrogens is 410 g/mol. The van der Waals surface area contributed by atoms with Crippen LogP contribution in [0.1, 0.15) is 18.4 Å². The van der Waals surface area contributed by atoms with E-state index in [-0.39, 0.29) is 19.4 Å². The number of nitrogens with one attached hydrogen (secondary N) is 1. The van der Waals surface area contributed by atoms with E-state index in [1.165, 1.54) is 4.90 Å². The zero-order valence-corrected chi connectivity index (χ0v) is 17.5. The highest BCUT2D eigenvalue weighted by Gasteiger charge is 2.21. The Hall–Kier alpha value is -3.99. The highest BCUT2D eigenvalue weighted by Crippen LogP contribution is 2.34. The molecule has 0 unspecified atom stereocenters. The van der Waals surface area contributed by atoms with Crippen LogP contribution in [0.15, 0.2) is 48.7 Å². The first-order valence-electron chi connectivity index (χ1n) is 10.4. The lowest BCUT2D eigenvalue weighted by atomic mass is 10.1. The van der Waals surface area contributed by atoms with Crippen LogP contribution < -0.4 is 14.4 Å². The molecule has 4 rings (SSSR count). The Morgan fingerprint density at radius 3 is 2.78 bits per heavy atom. The maximum Gasteiger partial charge on any atom is 0.306 e. The molecule has 0 spiro atoms. The van der Waals surface area contributed by atoms with Crippen molar-refractivity contribution in [2.75, 3.05) is 31.3 Å². The number of carbonyl (C=O) groups excluding carboxylic acids is 2. The Balaban J connectivity index is 1.35. The number of aromatic amines is 1. The molecule has 1 aliphatic rings. The molecular formula is C24H23N3O5. The monoisotopic (exact) mass is 433 g/mol. The number of H-pyrrole nitrogens is 1. The first kappa shape index (κ1) is 21.2. The molecule has 32 heavy (non-hydrogen) atoms. The van der Waals surface area contributed by atoms with Gasteiger partial charge in [-0.25, -0.2) is 0 Å². The van der Waals surface area contributed by atoms with Crippen molar-refractivity contribution >= 4 is 28.5 Å². The summed E-state index contributed by atoms with van der Waals surface area (Å²) in [5, 5.41) is 10.0. The van der Waals surface area contributed by atoms with Gasteiger partial charge in [-0.3, -0.25) is 9.59 Å². The van der Waals surface area contributed by atoms with E-state index in [0.717, 1.165) is 16.5 Å². The third kappa shape index (κ3) is 4.83. The summed E-state index contributed by atoms with van der Waals surface area (Å²) in [5.74, 6) is 0.291. The molecule has 0 fully saturated rings. The number of hydrogen-bond acceptors (Lipinski definition) is 6. The number of amides is 1. The Bertz CT molecular complexity index is 1160. The summed E-state index contributed by atoms with van der Waals surface area (Å²) in [7, 11) is 0. The summed E-state index contributed by atoms with van der Waals surface area (Å²) in [6.07, 6.45) is 2.71. The number of nitrogens with zero attached hydrogens (tertiary/aromatic N) is 2. The van der Waals surface area contributed by atoms with E-state index in [4.69, 9.17) is 19.5 Å². The van der Waals surface area contributed by atoms with E-state index >= 15 is 0 Å². The Labute approximate surface area is 185 Å². The molecule has 8 heteroatoms. The Morgan fingerprint density at radius 2 is 1.94 bits per heavy atom. The molecule has 3 aromatic rings. The van der Waals surface area contributed by atoms with Crippen molar-refractivity contribution in [3.8, 4) is 17.6 Å². The van der Waals surface area contributed by atoms with E-state index in [9.17, 15) is 9.59 Å². The number of ether oxygens (including phenoxy) is 3. The van der Waals surface area contributed by atoms with Crippen LogP contribution in [0.5, 0.6) is 11.5 Å². The minimum Gasteiger partial charge on any atom is -0.486 e. The summed E-state index contributed by atoms with van der Waals surface area (Å²) in [4.78, 5) is 29.6. The quantitative estimate of drug-likeness (QED) is 0.546. The van der Waals surface area contributed by atoms with Crippen LogP contribution in [-0.4, -0.2) is 43.2 Å². The number of esters is 1. The van der Waals surface area contributed by atoms with Crippen LogP contribution in [0.4, 0.5) is 5.69 Å². The topological polar surface area (TPSA) is 105 Å². The van der Waals surface area contributed by atoms with Crippen molar-refractivity contribution < 1.29 is 23.8 Å². The second-order valence-electron chi connectivity index (χ2n) is 7.30. The van der Waals surface area contributed by atoms with E-state index in [0.29, 0.717) is 36.8 Å². The minimum atomic E-state index is -0.453. The third-order valence-corrected chi connectivity index (χ3v) is 5.22. The molecule has 2 aromatic carbocycles. The zero-order valence-electron chi connectivity index (χ0n) is 17.5. The van der Waals surface area contributed by atoms with Gasteiger partial charge < -0.3 is 24.1 Å². The highest BCUT2D eigenvalue weighted by atomic mass is 16.6. The van der Waals surface area contributed by atoms with E-state index < -0.39 is 18.5 Å². The summed E-state index contributed by atoms with van der Waals surface area (Å²) >= 11 is 0. The SMILES string of the molecule is N#CCCN(C(=O)COC(=O)CCc1c[nH]c2ccccc12)c1ccc2c(c1)OCCO2. The Morgan fingerprint density at radius 1 is 1.12 bits per heavy atom. The number of rotatable bonds is 8. The molecule has 1 aromatic heterocycles. The van der Waals surface area contributed by atoms with E-state index in [1.807, 2.05) is 36.5 Å². The maximum absolute atomic E-state index is 12.8. The number of aromatic nitrogens is 1. The fraction of sp³-hybridized carbons (Fsp3) is 0.292. The highest BCUT2D eigenvalue weighted by molar-refractivity contribution is 5.95. The number of para-hydroxylation sites is 1. The van der Waals surface area contributed by atoms with Gasteiger partial charge in [0.05, 0.1) is 12.5 Å². The third-order valence-electron chi connectivity index (χ3n) is 5.22. The standard InChI is InChI=1S/C24H23N3O5/c25-10-3-11-27(18-7-8-21-22(14-18)31-13-12-30-21)23(28)16-32-24(29)9-6-17-15-26-20-5-2-1-4-19(17)20/h1-2,4-5,7-8,14-15,26H,3,6,9,11-13,16H2. The van der Waals surface area contributed by atoms with Crippen molar-refractivity contribution in [2.45, 2.75) is 19.3 Å². The lowest BCUT2D eigenvalue weighted by Crippen LogP contribution is -2.35. The maximum atomic E-state index is 12.8. The number of nitriles is 1. The molecule has 1 N–H and O–H groups in total.